The monoisotopic (exact) mass is 333 g/mol. The molecule has 0 aromatic heterocycles. The fraction of sp³-hybridized carbons (Fsp3) is 0.278. The lowest BCUT2D eigenvalue weighted by Gasteiger charge is -2.07. The molecule has 1 amide bonds. The standard InChI is InChI=1S/C18H20ClNOS/c1-2-14-7-9-15(10-8-14)11-20-18(21)13-22-12-16-5-3-4-6-17(16)19/h3-10H,2,11-13H2,1H3,(H,20,21). The molecular weight excluding hydrogens is 314 g/mol. The number of hydrogen-bond acceptors (Lipinski definition) is 2. The number of halogens is 1. The summed E-state index contributed by atoms with van der Waals surface area (Å²) in [6.45, 7) is 2.71. The van der Waals surface area contributed by atoms with Crippen molar-refractivity contribution < 1.29 is 4.79 Å². The largest absolute Gasteiger partial charge is 0.351 e. The molecule has 0 saturated carbocycles. The van der Waals surface area contributed by atoms with Gasteiger partial charge in [-0.3, -0.25) is 4.79 Å². The predicted octanol–water partition coefficient (Wildman–Crippen LogP) is 4.45. The maximum atomic E-state index is 11.8. The predicted molar refractivity (Wildman–Crippen MR) is 95.3 cm³/mol. The van der Waals surface area contributed by atoms with Crippen molar-refractivity contribution in [2.45, 2.75) is 25.6 Å². The summed E-state index contributed by atoms with van der Waals surface area (Å²) in [5.74, 6) is 1.24. The molecule has 0 unspecified atom stereocenters. The van der Waals surface area contributed by atoms with Crippen LogP contribution in [0, 0.1) is 0 Å². The molecule has 22 heavy (non-hydrogen) atoms. The molecule has 0 bridgehead atoms. The van der Waals surface area contributed by atoms with Crippen LogP contribution in [0.25, 0.3) is 0 Å². The fourth-order valence-electron chi connectivity index (χ4n) is 2.01. The quantitative estimate of drug-likeness (QED) is 0.811. The summed E-state index contributed by atoms with van der Waals surface area (Å²) >= 11 is 7.66. The highest BCUT2D eigenvalue weighted by Gasteiger charge is 2.04. The zero-order valence-electron chi connectivity index (χ0n) is 12.6. The zero-order chi connectivity index (χ0) is 15.8. The van der Waals surface area contributed by atoms with Crippen molar-refractivity contribution in [3.63, 3.8) is 0 Å². The minimum atomic E-state index is 0.0524. The number of carbonyl (C=O) groups is 1. The maximum Gasteiger partial charge on any atom is 0.230 e. The molecular formula is C18H20ClNOS. The lowest BCUT2D eigenvalue weighted by atomic mass is 10.1. The topological polar surface area (TPSA) is 29.1 Å². The highest BCUT2D eigenvalue weighted by Crippen LogP contribution is 2.20. The first-order valence-corrected chi connectivity index (χ1v) is 8.88. The summed E-state index contributed by atoms with van der Waals surface area (Å²) in [6, 6.07) is 16.1. The van der Waals surface area contributed by atoms with Crippen LogP contribution in [0.4, 0.5) is 0 Å². The maximum absolute atomic E-state index is 11.8. The van der Waals surface area contributed by atoms with Crippen LogP contribution in [0.15, 0.2) is 48.5 Å². The highest BCUT2D eigenvalue weighted by molar-refractivity contribution is 7.99. The number of aryl methyl sites for hydroxylation is 1. The van der Waals surface area contributed by atoms with E-state index in [1.54, 1.807) is 11.8 Å². The molecule has 0 aliphatic heterocycles. The Labute approximate surface area is 141 Å². The first-order chi connectivity index (χ1) is 10.7. The van der Waals surface area contributed by atoms with Crippen LogP contribution >= 0.6 is 23.4 Å². The second-order valence-electron chi connectivity index (χ2n) is 5.03. The Morgan fingerprint density at radius 2 is 1.77 bits per heavy atom. The van der Waals surface area contributed by atoms with E-state index in [2.05, 4.69) is 36.5 Å². The van der Waals surface area contributed by atoms with Gasteiger partial charge in [0.15, 0.2) is 0 Å². The van der Waals surface area contributed by atoms with E-state index in [4.69, 9.17) is 11.6 Å². The summed E-state index contributed by atoms with van der Waals surface area (Å²) in [5, 5.41) is 3.70. The Morgan fingerprint density at radius 3 is 2.45 bits per heavy atom. The fourth-order valence-corrected chi connectivity index (χ4v) is 3.16. The molecule has 0 radical (unpaired) electrons. The van der Waals surface area contributed by atoms with Gasteiger partial charge in [0.05, 0.1) is 5.75 Å². The third-order valence-corrected chi connectivity index (χ3v) is 4.72. The normalized spacial score (nSPS) is 10.5. The van der Waals surface area contributed by atoms with Gasteiger partial charge in [0.25, 0.3) is 0 Å². The molecule has 2 rings (SSSR count). The Bertz CT molecular complexity index is 613. The van der Waals surface area contributed by atoms with Crippen LogP contribution < -0.4 is 5.32 Å². The van der Waals surface area contributed by atoms with E-state index in [0.29, 0.717) is 12.3 Å². The van der Waals surface area contributed by atoms with Crippen LogP contribution in [0.1, 0.15) is 23.6 Å². The van der Waals surface area contributed by atoms with E-state index in [1.165, 1.54) is 5.56 Å². The lowest BCUT2D eigenvalue weighted by molar-refractivity contribution is -0.118. The van der Waals surface area contributed by atoms with Gasteiger partial charge < -0.3 is 5.32 Å². The van der Waals surface area contributed by atoms with Crippen molar-refractivity contribution in [1.82, 2.24) is 5.32 Å². The molecule has 0 aliphatic rings. The van der Waals surface area contributed by atoms with E-state index in [0.717, 1.165) is 28.3 Å². The molecule has 2 aromatic carbocycles. The number of thioether (sulfide) groups is 1. The molecule has 116 valence electrons. The van der Waals surface area contributed by atoms with E-state index in [9.17, 15) is 4.79 Å². The molecule has 0 aliphatic carbocycles. The molecule has 0 saturated heterocycles. The number of benzene rings is 2. The van der Waals surface area contributed by atoms with Crippen molar-refractivity contribution >= 4 is 29.3 Å². The summed E-state index contributed by atoms with van der Waals surface area (Å²) in [5.41, 5.74) is 3.50. The second kappa shape index (κ2) is 8.86. The highest BCUT2D eigenvalue weighted by atomic mass is 35.5. The third-order valence-electron chi connectivity index (χ3n) is 3.37. The first kappa shape index (κ1) is 16.9. The summed E-state index contributed by atoms with van der Waals surface area (Å²) in [4.78, 5) is 11.8. The van der Waals surface area contributed by atoms with Crippen molar-refractivity contribution in [3.8, 4) is 0 Å². The zero-order valence-corrected chi connectivity index (χ0v) is 14.2. The molecule has 2 aromatic rings. The first-order valence-electron chi connectivity index (χ1n) is 7.34. The molecule has 0 spiro atoms. The second-order valence-corrected chi connectivity index (χ2v) is 6.42. The molecule has 0 atom stereocenters. The van der Waals surface area contributed by atoms with Gasteiger partial charge in [-0.2, -0.15) is 0 Å². The van der Waals surface area contributed by atoms with Crippen molar-refractivity contribution in [3.05, 3.63) is 70.2 Å². The summed E-state index contributed by atoms with van der Waals surface area (Å²) in [6.07, 6.45) is 1.03. The van der Waals surface area contributed by atoms with E-state index < -0.39 is 0 Å². The van der Waals surface area contributed by atoms with Crippen molar-refractivity contribution in [1.29, 1.82) is 0 Å². The number of rotatable bonds is 7. The average Bonchev–Trinajstić information content (AvgIpc) is 2.55. The molecule has 0 fully saturated rings. The number of nitrogens with one attached hydrogen (secondary N) is 1. The van der Waals surface area contributed by atoms with Gasteiger partial charge in [-0.1, -0.05) is 61.0 Å². The molecule has 4 heteroatoms. The van der Waals surface area contributed by atoms with Gasteiger partial charge in [-0.15, -0.1) is 11.8 Å². The van der Waals surface area contributed by atoms with Gasteiger partial charge in [0.1, 0.15) is 0 Å². The van der Waals surface area contributed by atoms with Gasteiger partial charge >= 0.3 is 0 Å². The van der Waals surface area contributed by atoms with E-state index in [-0.39, 0.29) is 5.91 Å². The van der Waals surface area contributed by atoms with Crippen LogP contribution in [-0.4, -0.2) is 11.7 Å². The summed E-state index contributed by atoms with van der Waals surface area (Å²) < 4.78 is 0. The molecule has 0 heterocycles. The Balaban J connectivity index is 1.70. The Hall–Kier alpha value is -1.45. The van der Waals surface area contributed by atoms with E-state index >= 15 is 0 Å². The minimum absolute atomic E-state index is 0.0524. The number of carbonyl (C=O) groups excluding carboxylic acids is 1. The molecule has 1 N–H and O–H groups in total. The van der Waals surface area contributed by atoms with E-state index in [1.807, 2.05) is 24.3 Å². The third kappa shape index (κ3) is 5.39. The Morgan fingerprint density at radius 1 is 1.09 bits per heavy atom. The van der Waals surface area contributed by atoms with Gasteiger partial charge in [0, 0.05) is 17.3 Å². The van der Waals surface area contributed by atoms with Crippen molar-refractivity contribution in [2.24, 2.45) is 0 Å². The van der Waals surface area contributed by atoms with Gasteiger partial charge in [0.2, 0.25) is 5.91 Å². The van der Waals surface area contributed by atoms with Crippen LogP contribution in [0.3, 0.4) is 0 Å². The van der Waals surface area contributed by atoms with Crippen LogP contribution in [0.2, 0.25) is 5.02 Å². The average molecular weight is 334 g/mol. The van der Waals surface area contributed by atoms with Gasteiger partial charge in [-0.05, 0) is 29.2 Å². The van der Waals surface area contributed by atoms with Crippen LogP contribution in [0.5, 0.6) is 0 Å². The van der Waals surface area contributed by atoms with Gasteiger partial charge in [-0.25, -0.2) is 0 Å². The molecule has 2 nitrogen and oxygen atoms in total. The lowest BCUT2D eigenvalue weighted by Crippen LogP contribution is -2.24. The number of amides is 1. The number of hydrogen-bond donors (Lipinski definition) is 1. The SMILES string of the molecule is CCc1ccc(CNC(=O)CSCc2ccccc2Cl)cc1. The van der Waals surface area contributed by atoms with Crippen molar-refractivity contribution in [2.75, 3.05) is 5.75 Å². The Kier molecular flexibility index (Phi) is 6.81. The summed E-state index contributed by atoms with van der Waals surface area (Å²) in [7, 11) is 0. The van der Waals surface area contributed by atoms with Crippen LogP contribution in [-0.2, 0) is 23.5 Å². The minimum Gasteiger partial charge on any atom is -0.351 e. The smallest absolute Gasteiger partial charge is 0.230 e.